The zero-order valence-electron chi connectivity index (χ0n) is 4.80. The Morgan fingerprint density at radius 1 is 1.50 bits per heavy atom. The Bertz CT molecular complexity index is 76.8. The Hall–Kier alpha value is -0.120. The molecule has 0 spiro atoms. The summed E-state index contributed by atoms with van der Waals surface area (Å²) in [6, 6.07) is 0.148. The van der Waals surface area contributed by atoms with Crippen molar-refractivity contribution in [3.63, 3.8) is 0 Å². The van der Waals surface area contributed by atoms with Gasteiger partial charge >= 0.3 is 0 Å². The molecule has 0 aromatic rings. The summed E-state index contributed by atoms with van der Waals surface area (Å²) in [7, 11) is 0. The summed E-state index contributed by atoms with van der Waals surface area (Å²) in [5.41, 5.74) is 2.56. The molecule has 1 rings (SSSR count). The van der Waals surface area contributed by atoms with Gasteiger partial charge in [-0.05, 0) is 19.3 Å². The van der Waals surface area contributed by atoms with Gasteiger partial charge in [0, 0.05) is 6.04 Å². The third-order valence-corrected chi connectivity index (χ3v) is 1.69. The maximum atomic E-state index is 9.05. The van der Waals surface area contributed by atoms with Crippen molar-refractivity contribution in [2.45, 2.75) is 31.4 Å². The molecule has 0 aromatic carbocycles. The molecule has 8 heavy (non-hydrogen) atoms. The van der Waals surface area contributed by atoms with Crippen LogP contribution in [0.15, 0.2) is 0 Å². The number of aliphatic hydroxyl groups is 1. The standard InChI is InChI=1S/C5H12N2O/c6-7-4-2-1-3-5(4)8/h4-5,7-8H,1-3,6H2/t4-,5-/m0/s1. The van der Waals surface area contributed by atoms with Gasteiger partial charge in [-0.1, -0.05) is 0 Å². The van der Waals surface area contributed by atoms with Gasteiger partial charge < -0.3 is 5.11 Å². The molecule has 0 bridgehead atoms. The quantitative estimate of drug-likeness (QED) is 0.315. The van der Waals surface area contributed by atoms with Gasteiger partial charge in [0.2, 0.25) is 0 Å². The van der Waals surface area contributed by atoms with Crippen LogP contribution in [0.2, 0.25) is 0 Å². The van der Waals surface area contributed by atoms with E-state index in [0.717, 1.165) is 19.3 Å². The number of nitrogens with two attached hydrogens (primary N) is 1. The summed E-state index contributed by atoms with van der Waals surface area (Å²) in [5.74, 6) is 5.11. The van der Waals surface area contributed by atoms with Crippen molar-refractivity contribution in [3.8, 4) is 0 Å². The van der Waals surface area contributed by atoms with E-state index in [1.807, 2.05) is 0 Å². The zero-order valence-corrected chi connectivity index (χ0v) is 4.80. The predicted molar refractivity (Wildman–Crippen MR) is 31.0 cm³/mol. The Morgan fingerprint density at radius 2 is 2.25 bits per heavy atom. The second-order valence-electron chi connectivity index (χ2n) is 2.27. The first kappa shape index (κ1) is 6.01. The van der Waals surface area contributed by atoms with Crippen LogP contribution in [0.1, 0.15) is 19.3 Å². The third-order valence-electron chi connectivity index (χ3n) is 1.69. The van der Waals surface area contributed by atoms with Gasteiger partial charge in [0.05, 0.1) is 6.10 Å². The molecule has 1 fully saturated rings. The van der Waals surface area contributed by atoms with Crippen molar-refractivity contribution in [2.24, 2.45) is 5.84 Å². The molecule has 48 valence electrons. The first-order valence-electron chi connectivity index (χ1n) is 2.99. The average Bonchev–Trinajstić information content (AvgIpc) is 2.14. The minimum absolute atomic E-state index is 0.148. The summed E-state index contributed by atoms with van der Waals surface area (Å²) < 4.78 is 0. The fourth-order valence-corrected chi connectivity index (χ4v) is 1.13. The number of hydrogen-bond donors (Lipinski definition) is 3. The lowest BCUT2D eigenvalue weighted by atomic mass is 10.2. The molecule has 1 aliphatic carbocycles. The van der Waals surface area contributed by atoms with Crippen molar-refractivity contribution in [3.05, 3.63) is 0 Å². The molecule has 0 radical (unpaired) electrons. The third kappa shape index (κ3) is 0.992. The van der Waals surface area contributed by atoms with Crippen molar-refractivity contribution in [2.75, 3.05) is 0 Å². The van der Waals surface area contributed by atoms with E-state index in [0.29, 0.717) is 0 Å². The van der Waals surface area contributed by atoms with Gasteiger partial charge in [-0.3, -0.25) is 11.3 Å². The maximum Gasteiger partial charge on any atom is 0.0706 e. The molecule has 0 saturated heterocycles. The molecule has 1 aliphatic rings. The van der Waals surface area contributed by atoms with Gasteiger partial charge in [-0.2, -0.15) is 0 Å². The normalized spacial score (nSPS) is 38.2. The maximum absolute atomic E-state index is 9.05. The van der Waals surface area contributed by atoms with Crippen LogP contribution < -0.4 is 11.3 Å². The van der Waals surface area contributed by atoms with Gasteiger partial charge in [-0.15, -0.1) is 0 Å². The highest BCUT2D eigenvalue weighted by atomic mass is 16.3. The molecule has 3 nitrogen and oxygen atoms in total. The van der Waals surface area contributed by atoms with Crippen LogP contribution in [0.3, 0.4) is 0 Å². The number of rotatable bonds is 1. The van der Waals surface area contributed by atoms with Crippen molar-refractivity contribution < 1.29 is 5.11 Å². The van der Waals surface area contributed by atoms with E-state index in [-0.39, 0.29) is 12.1 Å². The molecular formula is C5H12N2O. The Morgan fingerprint density at radius 3 is 2.50 bits per heavy atom. The zero-order chi connectivity index (χ0) is 5.98. The molecule has 0 heterocycles. The highest BCUT2D eigenvalue weighted by Gasteiger charge is 2.23. The average molecular weight is 116 g/mol. The van der Waals surface area contributed by atoms with E-state index >= 15 is 0 Å². The highest BCUT2D eigenvalue weighted by molar-refractivity contribution is 4.80. The van der Waals surface area contributed by atoms with E-state index in [4.69, 9.17) is 10.9 Å². The summed E-state index contributed by atoms with van der Waals surface area (Å²) >= 11 is 0. The molecule has 0 aliphatic heterocycles. The number of nitrogens with one attached hydrogen (secondary N) is 1. The molecule has 0 amide bonds. The summed E-state index contributed by atoms with van der Waals surface area (Å²) in [4.78, 5) is 0. The number of hydrazine groups is 1. The van der Waals surface area contributed by atoms with E-state index in [9.17, 15) is 0 Å². The lowest BCUT2D eigenvalue weighted by Gasteiger charge is -2.10. The van der Waals surface area contributed by atoms with Crippen LogP contribution >= 0.6 is 0 Å². The van der Waals surface area contributed by atoms with Gasteiger partial charge in [0.25, 0.3) is 0 Å². The minimum Gasteiger partial charge on any atom is -0.391 e. The highest BCUT2D eigenvalue weighted by Crippen LogP contribution is 2.17. The smallest absolute Gasteiger partial charge is 0.0706 e. The first-order chi connectivity index (χ1) is 3.84. The van der Waals surface area contributed by atoms with Gasteiger partial charge in [0.1, 0.15) is 0 Å². The molecular weight excluding hydrogens is 104 g/mol. The van der Waals surface area contributed by atoms with E-state index in [1.54, 1.807) is 0 Å². The number of hydrogen-bond acceptors (Lipinski definition) is 3. The first-order valence-corrected chi connectivity index (χ1v) is 2.99. The lowest BCUT2D eigenvalue weighted by Crippen LogP contribution is -2.40. The van der Waals surface area contributed by atoms with Gasteiger partial charge in [-0.25, -0.2) is 0 Å². The van der Waals surface area contributed by atoms with Crippen molar-refractivity contribution >= 4 is 0 Å². The second kappa shape index (κ2) is 2.44. The summed E-state index contributed by atoms with van der Waals surface area (Å²) in [6.07, 6.45) is 2.79. The Labute approximate surface area is 48.8 Å². The minimum atomic E-state index is -0.208. The SMILES string of the molecule is NN[C@H]1CCC[C@@H]1O. The summed E-state index contributed by atoms with van der Waals surface area (Å²) in [6.45, 7) is 0. The lowest BCUT2D eigenvalue weighted by molar-refractivity contribution is 0.150. The van der Waals surface area contributed by atoms with Crippen LogP contribution in [0, 0.1) is 0 Å². The predicted octanol–water partition coefficient (Wildman–Crippen LogP) is -0.637. The largest absolute Gasteiger partial charge is 0.391 e. The molecule has 4 N–H and O–H groups in total. The van der Waals surface area contributed by atoms with Crippen LogP contribution in [-0.2, 0) is 0 Å². The molecule has 2 atom stereocenters. The Kier molecular flexibility index (Phi) is 1.83. The second-order valence-corrected chi connectivity index (χ2v) is 2.27. The van der Waals surface area contributed by atoms with E-state index in [2.05, 4.69) is 5.43 Å². The van der Waals surface area contributed by atoms with Gasteiger partial charge in [0.15, 0.2) is 0 Å². The van der Waals surface area contributed by atoms with Crippen LogP contribution in [0.5, 0.6) is 0 Å². The fraction of sp³-hybridized carbons (Fsp3) is 1.00. The van der Waals surface area contributed by atoms with Crippen LogP contribution in [-0.4, -0.2) is 17.3 Å². The Balaban J connectivity index is 2.30. The number of aliphatic hydroxyl groups excluding tert-OH is 1. The molecule has 0 unspecified atom stereocenters. The van der Waals surface area contributed by atoms with E-state index < -0.39 is 0 Å². The topological polar surface area (TPSA) is 58.3 Å². The van der Waals surface area contributed by atoms with Crippen LogP contribution in [0.4, 0.5) is 0 Å². The molecule has 0 aromatic heterocycles. The van der Waals surface area contributed by atoms with Crippen molar-refractivity contribution in [1.82, 2.24) is 5.43 Å². The fourth-order valence-electron chi connectivity index (χ4n) is 1.13. The van der Waals surface area contributed by atoms with Crippen molar-refractivity contribution in [1.29, 1.82) is 0 Å². The summed E-state index contributed by atoms with van der Waals surface area (Å²) in [5, 5.41) is 9.05. The van der Waals surface area contributed by atoms with E-state index in [1.165, 1.54) is 0 Å². The van der Waals surface area contributed by atoms with Crippen LogP contribution in [0.25, 0.3) is 0 Å². The monoisotopic (exact) mass is 116 g/mol. The molecule has 3 heteroatoms. The molecule has 1 saturated carbocycles.